The standard InChI is InChI=1S/C21H27BN2O4/c1-20(2)21(3,4)28-22(27-20)15-12-18(25-5)17(19(13-15)26-6)14-23-24-16-10-8-7-9-11-16/h7-14,24H,1-6H3. The van der Waals surface area contributed by atoms with Crippen molar-refractivity contribution in [1.82, 2.24) is 0 Å². The molecule has 7 heteroatoms. The minimum atomic E-state index is -0.499. The Bertz CT molecular complexity index is 812. The zero-order valence-corrected chi connectivity index (χ0v) is 17.3. The smallest absolute Gasteiger partial charge is 0.495 e. The first kappa shape index (κ1) is 20.2. The number of para-hydroxylation sites is 1. The summed E-state index contributed by atoms with van der Waals surface area (Å²) < 4.78 is 23.5. The summed E-state index contributed by atoms with van der Waals surface area (Å²) in [5.41, 5.74) is 4.62. The van der Waals surface area contributed by atoms with Crippen LogP contribution in [-0.4, -0.2) is 38.8 Å². The topological polar surface area (TPSA) is 61.3 Å². The first-order chi connectivity index (χ1) is 13.3. The molecule has 0 radical (unpaired) electrons. The normalized spacial score (nSPS) is 17.7. The second kappa shape index (κ2) is 7.85. The van der Waals surface area contributed by atoms with Crippen LogP contribution in [0.5, 0.6) is 11.5 Å². The third-order valence-corrected chi connectivity index (χ3v) is 5.25. The molecule has 28 heavy (non-hydrogen) atoms. The monoisotopic (exact) mass is 382 g/mol. The van der Waals surface area contributed by atoms with Crippen molar-refractivity contribution in [2.75, 3.05) is 19.6 Å². The van der Waals surface area contributed by atoms with Crippen molar-refractivity contribution in [2.24, 2.45) is 5.10 Å². The molecule has 0 unspecified atom stereocenters. The largest absolute Gasteiger partial charge is 0.496 e. The van der Waals surface area contributed by atoms with Crippen molar-refractivity contribution in [3.63, 3.8) is 0 Å². The molecule has 0 saturated carbocycles. The Balaban J connectivity index is 1.89. The highest BCUT2D eigenvalue weighted by atomic mass is 16.7. The van der Waals surface area contributed by atoms with Gasteiger partial charge in [0.1, 0.15) is 11.5 Å². The number of hydrazone groups is 1. The number of methoxy groups -OCH3 is 2. The van der Waals surface area contributed by atoms with Gasteiger partial charge in [0.25, 0.3) is 0 Å². The highest BCUT2D eigenvalue weighted by molar-refractivity contribution is 6.62. The highest BCUT2D eigenvalue weighted by Gasteiger charge is 2.52. The van der Waals surface area contributed by atoms with Crippen LogP contribution in [0.4, 0.5) is 5.69 Å². The summed E-state index contributed by atoms with van der Waals surface area (Å²) in [6.45, 7) is 8.10. The molecule has 1 saturated heterocycles. The number of benzene rings is 2. The van der Waals surface area contributed by atoms with Gasteiger partial charge in [-0.3, -0.25) is 5.43 Å². The minimum absolute atomic E-state index is 0.419. The molecular weight excluding hydrogens is 355 g/mol. The van der Waals surface area contributed by atoms with Gasteiger partial charge in [0.15, 0.2) is 0 Å². The van der Waals surface area contributed by atoms with Crippen LogP contribution in [0.1, 0.15) is 33.3 Å². The van der Waals surface area contributed by atoms with Gasteiger partial charge in [-0.05, 0) is 57.4 Å². The van der Waals surface area contributed by atoms with E-state index in [4.69, 9.17) is 18.8 Å². The average molecular weight is 382 g/mol. The van der Waals surface area contributed by atoms with Crippen molar-refractivity contribution in [3.8, 4) is 11.5 Å². The lowest BCUT2D eigenvalue weighted by Crippen LogP contribution is -2.41. The first-order valence-electron chi connectivity index (χ1n) is 9.23. The van der Waals surface area contributed by atoms with Crippen LogP contribution in [0.15, 0.2) is 47.6 Å². The predicted molar refractivity (Wildman–Crippen MR) is 113 cm³/mol. The van der Waals surface area contributed by atoms with E-state index < -0.39 is 18.3 Å². The number of hydrogen-bond donors (Lipinski definition) is 1. The Kier molecular flexibility index (Phi) is 5.68. The van der Waals surface area contributed by atoms with Crippen molar-refractivity contribution in [1.29, 1.82) is 0 Å². The van der Waals surface area contributed by atoms with E-state index in [0.29, 0.717) is 11.5 Å². The quantitative estimate of drug-likeness (QED) is 0.471. The molecule has 6 nitrogen and oxygen atoms in total. The molecule has 0 spiro atoms. The number of rotatable bonds is 6. The first-order valence-corrected chi connectivity index (χ1v) is 9.23. The van der Waals surface area contributed by atoms with Gasteiger partial charge in [-0.2, -0.15) is 5.10 Å². The summed E-state index contributed by atoms with van der Waals surface area (Å²) in [6.07, 6.45) is 1.68. The second-order valence-electron chi connectivity index (χ2n) is 7.66. The Morgan fingerprint density at radius 1 is 0.929 bits per heavy atom. The van der Waals surface area contributed by atoms with E-state index in [2.05, 4.69) is 10.5 Å². The Morgan fingerprint density at radius 3 is 1.96 bits per heavy atom. The fourth-order valence-electron chi connectivity index (χ4n) is 2.89. The SMILES string of the molecule is COc1cc(B2OC(C)(C)C(C)(C)O2)cc(OC)c1C=NNc1ccccc1. The van der Waals surface area contributed by atoms with Crippen LogP contribution in [-0.2, 0) is 9.31 Å². The molecule has 0 aromatic heterocycles. The summed E-state index contributed by atoms with van der Waals surface area (Å²) in [4.78, 5) is 0. The Morgan fingerprint density at radius 2 is 1.46 bits per heavy atom. The van der Waals surface area contributed by atoms with Gasteiger partial charge in [0.2, 0.25) is 0 Å². The van der Waals surface area contributed by atoms with Crippen LogP contribution < -0.4 is 20.4 Å². The van der Waals surface area contributed by atoms with E-state index >= 15 is 0 Å². The third kappa shape index (κ3) is 4.00. The van der Waals surface area contributed by atoms with Gasteiger partial charge < -0.3 is 18.8 Å². The maximum absolute atomic E-state index is 6.15. The van der Waals surface area contributed by atoms with E-state index in [1.54, 1.807) is 20.4 Å². The maximum Gasteiger partial charge on any atom is 0.495 e. The van der Waals surface area contributed by atoms with E-state index in [1.807, 2.05) is 70.2 Å². The lowest BCUT2D eigenvalue weighted by Gasteiger charge is -2.32. The summed E-state index contributed by atoms with van der Waals surface area (Å²) in [5.74, 6) is 1.25. The van der Waals surface area contributed by atoms with E-state index in [1.165, 1.54) is 0 Å². The van der Waals surface area contributed by atoms with Crippen LogP contribution in [0.3, 0.4) is 0 Å². The summed E-state index contributed by atoms with van der Waals surface area (Å²) in [7, 11) is 2.73. The van der Waals surface area contributed by atoms with Crippen LogP contribution in [0, 0.1) is 0 Å². The minimum Gasteiger partial charge on any atom is -0.496 e. The fourth-order valence-corrected chi connectivity index (χ4v) is 2.89. The fraction of sp³-hybridized carbons (Fsp3) is 0.381. The molecular formula is C21H27BN2O4. The van der Waals surface area contributed by atoms with E-state index in [-0.39, 0.29) is 0 Å². The number of anilines is 1. The van der Waals surface area contributed by atoms with Crippen molar-refractivity contribution in [2.45, 2.75) is 38.9 Å². The summed E-state index contributed by atoms with van der Waals surface area (Å²) in [5, 5.41) is 4.30. The number of ether oxygens (including phenoxy) is 2. The molecule has 1 fully saturated rings. The molecule has 0 bridgehead atoms. The van der Waals surface area contributed by atoms with Crippen molar-refractivity contribution in [3.05, 3.63) is 48.0 Å². The van der Waals surface area contributed by atoms with E-state index in [9.17, 15) is 0 Å². The van der Waals surface area contributed by atoms with Gasteiger partial charge >= 0.3 is 7.12 Å². The molecule has 0 aliphatic carbocycles. The Labute approximate surface area is 167 Å². The van der Waals surface area contributed by atoms with Crippen molar-refractivity contribution < 1.29 is 18.8 Å². The Hall–Kier alpha value is -2.51. The van der Waals surface area contributed by atoms with Crippen LogP contribution in [0.2, 0.25) is 0 Å². The van der Waals surface area contributed by atoms with Crippen molar-refractivity contribution >= 4 is 24.5 Å². The molecule has 2 aromatic rings. The summed E-state index contributed by atoms with van der Waals surface area (Å²) >= 11 is 0. The van der Waals surface area contributed by atoms with Crippen LogP contribution >= 0.6 is 0 Å². The second-order valence-corrected chi connectivity index (χ2v) is 7.66. The van der Waals surface area contributed by atoms with Gasteiger partial charge in [0, 0.05) is 0 Å². The molecule has 1 heterocycles. The van der Waals surface area contributed by atoms with Gasteiger partial charge in [-0.15, -0.1) is 0 Å². The number of hydrogen-bond acceptors (Lipinski definition) is 6. The number of nitrogens with zero attached hydrogens (tertiary/aromatic N) is 1. The summed E-state index contributed by atoms with van der Waals surface area (Å²) in [6, 6.07) is 13.5. The molecule has 1 aliphatic heterocycles. The van der Waals surface area contributed by atoms with Gasteiger partial charge in [-0.25, -0.2) is 0 Å². The molecule has 3 rings (SSSR count). The molecule has 1 aliphatic rings. The van der Waals surface area contributed by atoms with E-state index in [0.717, 1.165) is 16.7 Å². The molecule has 0 amide bonds. The van der Waals surface area contributed by atoms with Gasteiger partial charge in [0.05, 0.1) is 42.9 Å². The zero-order chi connectivity index (χ0) is 20.4. The molecule has 1 N–H and O–H groups in total. The highest BCUT2D eigenvalue weighted by Crippen LogP contribution is 2.37. The molecule has 0 atom stereocenters. The molecule has 2 aromatic carbocycles. The lowest BCUT2D eigenvalue weighted by molar-refractivity contribution is 0.00578. The third-order valence-electron chi connectivity index (χ3n) is 5.25. The predicted octanol–water partition coefficient (Wildman–Crippen LogP) is 3.45. The molecule has 148 valence electrons. The average Bonchev–Trinajstić information content (AvgIpc) is 2.89. The van der Waals surface area contributed by atoms with Gasteiger partial charge in [-0.1, -0.05) is 18.2 Å². The van der Waals surface area contributed by atoms with Crippen LogP contribution in [0.25, 0.3) is 0 Å². The number of nitrogens with one attached hydrogen (secondary N) is 1. The lowest BCUT2D eigenvalue weighted by atomic mass is 9.78. The zero-order valence-electron chi connectivity index (χ0n) is 17.3. The maximum atomic E-state index is 6.15.